The van der Waals surface area contributed by atoms with Crippen LogP contribution in [0.4, 0.5) is 11.4 Å². The molecule has 0 spiro atoms. The van der Waals surface area contributed by atoms with Gasteiger partial charge in [0.2, 0.25) is 10.0 Å². The van der Waals surface area contributed by atoms with Crippen LogP contribution < -0.4 is 14.9 Å². The monoisotopic (exact) mass is 561 g/mol. The normalized spacial score (nSPS) is 17.1. The number of pyridine rings is 1. The predicted octanol–water partition coefficient (Wildman–Crippen LogP) is 4.52. The van der Waals surface area contributed by atoms with Gasteiger partial charge < -0.3 is 19.5 Å². The van der Waals surface area contributed by atoms with Crippen molar-refractivity contribution in [3.63, 3.8) is 0 Å². The third kappa shape index (κ3) is 5.36. The maximum absolute atomic E-state index is 11.9. The van der Waals surface area contributed by atoms with E-state index in [1.165, 1.54) is 7.11 Å². The number of carbonyl (C=O) groups is 1. The number of aryl methyl sites for hydroxylation is 1. The van der Waals surface area contributed by atoms with Crippen LogP contribution in [0, 0.1) is 6.92 Å². The average Bonchev–Trinajstić information content (AvgIpc) is 3.53. The Morgan fingerprint density at radius 3 is 2.44 bits per heavy atom. The van der Waals surface area contributed by atoms with Crippen molar-refractivity contribution in [1.29, 1.82) is 0 Å². The molecular formula is C28H27N5O4S2. The van der Waals surface area contributed by atoms with Crippen molar-refractivity contribution < 1.29 is 17.9 Å². The lowest BCUT2D eigenvalue weighted by molar-refractivity contribution is 0.0600. The van der Waals surface area contributed by atoms with Crippen molar-refractivity contribution in [1.82, 2.24) is 14.9 Å². The van der Waals surface area contributed by atoms with Crippen LogP contribution >= 0.6 is 12.2 Å². The fourth-order valence-corrected chi connectivity index (χ4v) is 5.77. The third-order valence-corrected chi connectivity index (χ3v) is 7.44. The number of carbonyl (C=O) groups excluding carboxylic acids is 1. The predicted molar refractivity (Wildman–Crippen MR) is 155 cm³/mol. The van der Waals surface area contributed by atoms with E-state index in [0.29, 0.717) is 16.4 Å². The molecule has 1 saturated heterocycles. The number of hydrogen-bond acceptors (Lipinski definition) is 6. The number of nitrogens with zero attached hydrogens (tertiary/aromatic N) is 3. The number of sulfonamides is 1. The minimum atomic E-state index is -3.42. The number of thiocarbonyl (C=S) groups is 1. The summed E-state index contributed by atoms with van der Waals surface area (Å²) in [5, 5.41) is 3.97. The fourth-order valence-electron chi connectivity index (χ4n) is 4.79. The lowest BCUT2D eigenvalue weighted by Crippen LogP contribution is -2.30. The average molecular weight is 562 g/mol. The Hall–Kier alpha value is -4.22. The molecule has 2 aromatic heterocycles. The highest BCUT2D eigenvalue weighted by Gasteiger charge is 2.42. The summed E-state index contributed by atoms with van der Waals surface area (Å²) in [5.41, 5.74) is 5.17. The van der Waals surface area contributed by atoms with Crippen molar-refractivity contribution in [2.75, 3.05) is 23.0 Å². The summed E-state index contributed by atoms with van der Waals surface area (Å²) in [6.07, 6.45) is 4.83. The Kier molecular flexibility index (Phi) is 7.11. The van der Waals surface area contributed by atoms with Crippen molar-refractivity contribution in [2.24, 2.45) is 0 Å². The topological polar surface area (TPSA) is 106 Å². The molecule has 1 aliphatic rings. The second kappa shape index (κ2) is 10.5. The highest BCUT2D eigenvalue weighted by atomic mass is 32.2. The van der Waals surface area contributed by atoms with Crippen molar-refractivity contribution >= 4 is 44.7 Å². The van der Waals surface area contributed by atoms with Gasteiger partial charge >= 0.3 is 5.97 Å². The Morgan fingerprint density at radius 2 is 1.79 bits per heavy atom. The molecule has 0 saturated carbocycles. The van der Waals surface area contributed by atoms with E-state index < -0.39 is 16.0 Å². The van der Waals surface area contributed by atoms with Gasteiger partial charge in [0.15, 0.2) is 5.11 Å². The third-order valence-electron chi connectivity index (χ3n) is 6.53. The van der Waals surface area contributed by atoms with E-state index in [9.17, 15) is 13.2 Å². The van der Waals surface area contributed by atoms with Gasteiger partial charge in [0, 0.05) is 29.5 Å². The fraction of sp³-hybridized carbons (Fsp3) is 0.179. The summed E-state index contributed by atoms with van der Waals surface area (Å²) >= 11 is 5.85. The zero-order valence-corrected chi connectivity index (χ0v) is 23.2. The van der Waals surface area contributed by atoms with E-state index in [1.807, 2.05) is 72.6 Å². The maximum atomic E-state index is 11.9. The molecule has 2 N–H and O–H groups in total. The summed E-state index contributed by atoms with van der Waals surface area (Å²) in [4.78, 5) is 18.6. The van der Waals surface area contributed by atoms with Gasteiger partial charge in [-0.3, -0.25) is 9.71 Å². The number of methoxy groups -OCH3 is 1. The summed E-state index contributed by atoms with van der Waals surface area (Å²) in [5.74, 6) is -0.398. The molecule has 2 aromatic carbocycles. The molecule has 5 rings (SSSR count). The molecule has 2 atom stereocenters. The first kappa shape index (κ1) is 26.4. The number of benzene rings is 2. The molecule has 0 radical (unpaired) electrons. The first-order valence-electron chi connectivity index (χ1n) is 12.1. The molecule has 0 amide bonds. The first-order valence-corrected chi connectivity index (χ1v) is 14.4. The van der Waals surface area contributed by atoms with Gasteiger partial charge in [-0.2, -0.15) is 0 Å². The summed E-state index contributed by atoms with van der Waals surface area (Å²) in [6.45, 7) is 1.85. The highest BCUT2D eigenvalue weighted by molar-refractivity contribution is 7.92. The number of esters is 1. The van der Waals surface area contributed by atoms with Crippen LogP contribution in [-0.2, 0) is 14.8 Å². The van der Waals surface area contributed by atoms with Crippen molar-refractivity contribution in [2.45, 2.75) is 19.0 Å². The number of aromatic nitrogens is 2. The molecule has 11 heteroatoms. The van der Waals surface area contributed by atoms with E-state index in [1.54, 1.807) is 24.4 Å². The van der Waals surface area contributed by atoms with Crippen LogP contribution in [0.25, 0.3) is 5.69 Å². The van der Waals surface area contributed by atoms with Gasteiger partial charge in [0.1, 0.15) is 6.04 Å². The van der Waals surface area contributed by atoms with Crippen LogP contribution in [-0.4, -0.2) is 42.4 Å². The van der Waals surface area contributed by atoms with Crippen LogP contribution in [0.1, 0.15) is 39.4 Å². The van der Waals surface area contributed by atoms with E-state index in [2.05, 4.69) is 19.6 Å². The summed E-state index contributed by atoms with van der Waals surface area (Å²) in [6, 6.07) is 21.9. The minimum absolute atomic E-state index is 0.268. The molecule has 1 fully saturated rings. The minimum Gasteiger partial charge on any atom is -0.465 e. The van der Waals surface area contributed by atoms with Crippen LogP contribution in [0.2, 0.25) is 0 Å². The molecular weight excluding hydrogens is 534 g/mol. The van der Waals surface area contributed by atoms with Crippen molar-refractivity contribution in [3.05, 3.63) is 108 Å². The molecule has 3 heterocycles. The quantitative estimate of drug-likeness (QED) is 0.251. The van der Waals surface area contributed by atoms with Gasteiger partial charge in [0.05, 0.1) is 36.4 Å². The van der Waals surface area contributed by atoms with Crippen LogP contribution in [0.5, 0.6) is 0 Å². The SMILES string of the molecule is COC(=O)c1ccc(-n2cccc2[C@@H]2[C@H](c3ccccn3)NC(=S)N2c2ccc(NS(C)(=O)=O)c(C)c2)cc1. The summed E-state index contributed by atoms with van der Waals surface area (Å²) in [7, 11) is -2.07. The number of ether oxygens (including phenoxy) is 1. The molecule has 4 aromatic rings. The van der Waals surface area contributed by atoms with Gasteiger partial charge in [0.25, 0.3) is 0 Å². The van der Waals surface area contributed by atoms with Gasteiger partial charge in [-0.05, 0) is 91.4 Å². The number of anilines is 2. The second-order valence-corrected chi connectivity index (χ2v) is 11.3. The Balaban J connectivity index is 1.60. The van der Waals surface area contributed by atoms with Crippen LogP contribution in [0.3, 0.4) is 0 Å². The van der Waals surface area contributed by atoms with E-state index in [0.717, 1.165) is 34.6 Å². The zero-order chi connectivity index (χ0) is 27.7. The standard InChI is InChI=1S/C28H27N5O4S2/c1-18-17-21(13-14-22(18)31-39(3,35)36)33-26(25(30-28(33)38)23-7-4-5-15-29-23)24-8-6-16-32(24)20-11-9-19(10-12-20)27(34)37-2/h4-17,25-26,31H,1-3H3,(H,30,38)/t25-,26+/m0/s1. The highest BCUT2D eigenvalue weighted by Crippen LogP contribution is 2.43. The van der Waals surface area contributed by atoms with Gasteiger partial charge in [-0.15, -0.1) is 0 Å². The van der Waals surface area contributed by atoms with Crippen molar-refractivity contribution in [3.8, 4) is 5.69 Å². The zero-order valence-electron chi connectivity index (χ0n) is 21.5. The Labute approximate surface area is 232 Å². The molecule has 9 nitrogen and oxygen atoms in total. The van der Waals surface area contributed by atoms with E-state index in [4.69, 9.17) is 17.0 Å². The molecule has 0 unspecified atom stereocenters. The number of rotatable bonds is 7. The van der Waals surface area contributed by atoms with E-state index in [-0.39, 0.29) is 12.1 Å². The largest absolute Gasteiger partial charge is 0.465 e. The van der Waals surface area contributed by atoms with Crippen LogP contribution in [0.15, 0.2) is 85.2 Å². The number of hydrogen-bond donors (Lipinski definition) is 2. The molecule has 39 heavy (non-hydrogen) atoms. The Bertz CT molecular complexity index is 1640. The smallest absolute Gasteiger partial charge is 0.337 e. The molecule has 0 aliphatic carbocycles. The second-order valence-electron chi connectivity index (χ2n) is 9.21. The molecule has 0 bridgehead atoms. The lowest BCUT2D eigenvalue weighted by atomic mass is 10.00. The molecule has 200 valence electrons. The summed E-state index contributed by atoms with van der Waals surface area (Å²) < 4.78 is 33.1. The van der Waals surface area contributed by atoms with Gasteiger partial charge in [-0.1, -0.05) is 6.07 Å². The lowest BCUT2D eigenvalue weighted by Gasteiger charge is -2.29. The first-order chi connectivity index (χ1) is 18.7. The Morgan fingerprint density at radius 1 is 1.05 bits per heavy atom. The number of nitrogens with one attached hydrogen (secondary N) is 2. The van der Waals surface area contributed by atoms with Gasteiger partial charge in [-0.25, -0.2) is 13.2 Å². The molecule has 1 aliphatic heterocycles. The maximum Gasteiger partial charge on any atom is 0.337 e. The van der Waals surface area contributed by atoms with E-state index >= 15 is 0 Å².